The molecule has 1 heterocycles. The SMILES string of the molecule is CCC1CCC(NS(=O)(=O)c2c(N)nn(C)c2C)C1C. The fourth-order valence-corrected chi connectivity index (χ4v) is 4.88. The van der Waals surface area contributed by atoms with Crippen molar-refractivity contribution >= 4 is 15.8 Å². The lowest BCUT2D eigenvalue weighted by atomic mass is 9.94. The second-order valence-corrected chi connectivity index (χ2v) is 7.41. The first-order chi connectivity index (χ1) is 9.27. The number of aromatic nitrogens is 2. The molecule has 1 aliphatic rings. The van der Waals surface area contributed by atoms with E-state index in [0.29, 0.717) is 17.5 Å². The monoisotopic (exact) mass is 300 g/mol. The number of nitrogen functional groups attached to an aromatic ring is 1. The number of nitrogens with two attached hydrogens (primary N) is 1. The summed E-state index contributed by atoms with van der Waals surface area (Å²) in [6.07, 6.45) is 3.05. The second-order valence-electron chi connectivity index (χ2n) is 5.76. The number of nitrogens with zero attached hydrogens (tertiary/aromatic N) is 2. The topological polar surface area (TPSA) is 90.0 Å². The molecule has 0 saturated heterocycles. The van der Waals surface area contributed by atoms with E-state index >= 15 is 0 Å². The van der Waals surface area contributed by atoms with E-state index < -0.39 is 10.0 Å². The van der Waals surface area contributed by atoms with Crippen LogP contribution in [0, 0.1) is 18.8 Å². The molecule has 7 heteroatoms. The number of anilines is 1. The quantitative estimate of drug-likeness (QED) is 0.880. The van der Waals surface area contributed by atoms with Crippen molar-refractivity contribution in [3.05, 3.63) is 5.69 Å². The predicted octanol–water partition coefficient (Wildman–Crippen LogP) is 1.41. The highest BCUT2D eigenvalue weighted by Crippen LogP contribution is 2.35. The van der Waals surface area contributed by atoms with Gasteiger partial charge in [-0.3, -0.25) is 4.68 Å². The summed E-state index contributed by atoms with van der Waals surface area (Å²) in [5.74, 6) is 1.01. The van der Waals surface area contributed by atoms with Gasteiger partial charge in [0.05, 0.1) is 5.69 Å². The van der Waals surface area contributed by atoms with Crippen LogP contribution in [0.5, 0.6) is 0 Å². The Kier molecular flexibility index (Phi) is 4.11. The lowest BCUT2D eigenvalue weighted by Gasteiger charge is -2.20. The number of rotatable bonds is 4. The second kappa shape index (κ2) is 5.37. The van der Waals surface area contributed by atoms with E-state index in [9.17, 15) is 8.42 Å². The summed E-state index contributed by atoms with van der Waals surface area (Å²) in [5.41, 5.74) is 6.30. The molecule has 0 aliphatic heterocycles. The van der Waals surface area contributed by atoms with Crippen LogP contribution in [0.1, 0.15) is 38.8 Å². The maximum Gasteiger partial charge on any atom is 0.246 e. The van der Waals surface area contributed by atoms with Gasteiger partial charge in [0.15, 0.2) is 5.82 Å². The highest BCUT2D eigenvalue weighted by molar-refractivity contribution is 7.89. The van der Waals surface area contributed by atoms with Crippen LogP contribution in [0.2, 0.25) is 0 Å². The maximum absolute atomic E-state index is 12.5. The van der Waals surface area contributed by atoms with Gasteiger partial charge in [-0.25, -0.2) is 13.1 Å². The van der Waals surface area contributed by atoms with Crippen LogP contribution < -0.4 is 10.5 Å². The molecule has 0 aromatic carbocycles. The van der Waals surface area contributed by atoms with Crippen LogP contribution in [0.25, 0.3) is 0 Å². The standard InChI is InChI=1S/C13H24N4O2S/c1-5-10-6-7-11(8(10)2)16-20(18,19)12-9(3)17(4)15-13(12)14/h8,10-11,16H,5-7H2,1-4H3,(H2,14,15). The van der Waals surface area contributed by atoms with Crippen molar-refractivity contribution in [2.24, 2.45) is 18.9 Å². The van der Waals surface area contributed by atoms with Crippen molar-refractivity contribution in [3.8, 4) is 0 Å². The Labute approximate surface area is 120 Å². The zero-order chi connectivity index (χ0) is 15.1. The molecule has 1 aromatic heterocycles. The molecule has 0 bridgehead atoms. The number of hydrogen-bond acceptors (Lipinski definition) is 4. The van der Waals surface area contributed by atoms with Crippen molar-refractivity contribution < 1.29 is 8.42 Å². The number of aryl methyl sites for hydroxylation is 1. The van der Waals surface area contributed by atoms with E-state index in [1.807, 2.05) is 0 Å². The molecular weight excluding hydrogens is 276 g/mol. The van der Waals surface area contributed by atoms with Crippen molar-refractivity contribution in [2.75, 3.05) is 5.73 Å². The van der Waals surface area contributed by atoms with Gasteiger partial charge >= 0.3 is 0 Å². The van der Waals surface area contributed by atoms with E-state index in [2.05, 4.69) is 23.7 Å². The van der Waals surface area contributed by atoms with Gasteiger partial charge < -0.3 is 5.73 Å². The van der Waals surface area contributed by atoms with Gasteiger partial charge in [-0.05, 0) is 31.6 Å². The molecule has 3 atom stereocenters. The van der Waals surface area contributed by atoms with Gasteiger partial charge in [-0.1, -0.05) is 20.3 Å². The van der Waals surface area contributed by atoms with Crippen LogP contribution in [-0.2, 0) is 17.1 Å². The molecule has 0 radical (unpaired) electrons. The summed E-state index contributed by atoms with van der Waals surface area (Å²) in [4.78, 5) is 0.118. The van der Waals surface area contributed by atoms with Gasteiger partial charge in [0.2, 0.25) is 10.0 Å². The molecule has 2 rings (SSSR count). The molecule has 1 saturated carbocycles. The van der Waals surface area contributed by atoms with Crippen molar-refractivity contribution in [1.82, 2.24) is 14.5 Å². The third kappa shape index (κ3) is 2.56. The highest BCUT2D eigenvalue weighted by Gasteiger charge is 2.36. The molecule has 3 N–H and O–H groups in total. The predicted molar refractivity (Wildman–Crippen MR) is 78.6 cm³/mol. The van der Waals surface area contributed by atoms with Crippen LogP contribution in [-0.4, -0.2) is 24.2 Å². The number of sulfonamides is 1. The Balaban J connectivity index is 2.24. The largest absolute Gasteiger partial charge is 0.381 e. The average Bonchev–Trinajstić information content (AvgIpc) is 2.81. The lowest BCUT2D eigenvalue weighted by molar-refractivity contribution is 0.368. The first kappa shape index (κ1) is 15.3. The summed E-state index contributed by atoms with van der Waals surface area (Å²) >= 11 is 0. The Hall–Kier alpha value is -1.08. The third-order valence-corrected chi connectivity index (χ3v) is 6.29. The highest BCUT2D eigenvalue weighted by atomic mass is 32.2. The molecule has 3 unspecified atom stereocenters. The molecular formula is C13H24N4O2S. The Morgan fingerprint density at radius 3 is 2.55 bits per heavy atom. The van der Waals surface area contributed by atoms with E-state index in [1.54, 1.807) is 14.0 Å². The summed E-state index contributed by atoms with van der Waals surface area (Å²) in [6.45, 7) is 5.99. The van der Waals surface area contributed by atoms with Gasteiger partial charge in [-0.2, -0.15) is 5.10 Å². The molecule has 1 fully saturated rings. The summed E-state index contributed by atoms with van der Waals surface area (Å²) in [6, 6.07) is -0.0102. The van der Waals surface area contributed by atoms with Gasteiger partial charge in [-0.15, -0.1) is 0 Å². The molecule has 0 amide bonds. The fourth-order valence-electron chi connectivity index (χ4n) is 3.19. The molecule has 6 nitrogen and oxygen atoms in total. The number of hydrogen-bond donors (Lipinski definition) is 2. The van der Waals surface area contributed by atoms with Crippen LogP contribution in [0.15, 0.2) is 4.90 Å². The number of nitrogens with one attached hydrogen (secondary N) is 1. The zero-order valence-corrected chi connectivity index (χ0v) is 13.4. The van der Waals surface area contributed by atoms with Crippen LogP contribution in [0.3, 0.4) is 0 Å². The third-order valence-electron chi connectivity index (χ3n) is 4.63. The van der Waals surface area contributed by atoms with Crippen molar-refractivity contribution in [3.63, 3.8) is 0 Å². The minimum Gasteiger partial charge on any atom is -0.381 e. The molecule has 1 aromatic rings. The molecule has 1 aliphatic carbocycles. The van der Waals surface area contributed by atoms with E-state index in [4.69, 9.17) is 5.73 Å². The molecule has 114 valence electrons. The van der Waals surface area contributed by atoms with Crippen molar-refractivity contribution in [1.29, 1.82) is 0 Å². The van der Waals surface area contributed by atoms with E-state index in [1.165, 1.54) is 4.68 Å². The minimum atomic E-state index is -3.61. The summed E-state index contributed by atoms with van der Waals surface area (Å²) < 4.78 is 29.4. The average molecular weight is 300 g/mol. The van der Waals surface area contributed by atoms with Crippen LogP contribution in [0.4, 0.5) is 5.82 Å². The fraction of sp³-hybridized carbons (Fsp3) is 0.769. The molecule has 0 spiro atoms. The first-order valence-electron chi connectivity index (χ1n) is 7.09. The van der Waals surface area contributed by atoms with Crippen LogP contribution >= 0.6 is 0 Å². The Morgan fingerprint density at radius 2 is 2.10 bits per heavy atom. The normalized spacial score (nSPS) is 27.1. The van der Waals surface area contributed by atoms with Gasteiger partial charge in [0.25, 0.3) is 0 Å². The summed E-state index contributed by atoms with van der Waals surface area (Å²) in [5, 5.41) is 3.98. The zero-order valence-electron chi connectivity index (χ0n) is 12.5. The van der Waals surface area contributed by atoms with Gasteiger partial charge in [0.1, 0.15) is 4.90 Å². The maximum atomic E-state index is 12.5. The smallest absolute Gasteiger partial charge is 0.246 e. The first-order valence-corrected chi connectivity index (χ1v) is 8.57. The lowest BCUT2D eigenvalue weighted by Crippen LogP contribution is -2.37. The van der Waals surface area contributed by atoms with E-state index in [0.717, 1.165) is 19.3 Å². The van der Waals surface area contributed by atoms with Gasteiger partial charge in [0, 0.05) is 13.1 Å². The van der Waals surface area contributed by atoms with Crippen molar-refractivity contribution in [2.45, 2.75) is 51.0 Å². The molecule has 20 heavy (non-hydrogen) atoms. The Morgan fingerprint density at radius 1 is 1.45 bits per heavy atom. The van der Waals surface area contributed by atoms with E-state index in [-0.39, 0.29) is 16.8 Å². The Bertz CT molecular complexity index is 594. The minimum absolute atomic E-state index is 0.0102. The summed E-state index contributed by atoms with van der Waals surface area (Å²) in [7, 11) is -1.92.